The lowest BCUT2D eigenvalue weighted by Crippen LogP contribution is -2.15. The van der Waals surface area contributed by atoms with E-state index in [1.54, 1.807) is 23.9 Å². The summed E-state index contributed by atoms with van der Waals surface area (Å²) in [4.78, 5) is 13.9. The molecule has 0 amide bonds. The maximum atomic E-state index is 12.3. The highest BCUT2D eigenvalue weighted by Gasteiger charge is 2.18. The van der Waals surface area contributed by atoms with Gasteiger partial charge in [0.2, 0.25) is 5.88 Å². The molecule has 0 saturated carbocycles. The van der Waals surface area contributed by atoms with Gasteiger partial charge in [0.05, 0.1) is 17.9 Å². The first kappa shape index (κ1) is 17.2. The van der Waals surface area contributed by atoms with Crippen molar-refractivity contribution in [2.75, 3.05) is 5.75 Å². The third-order valence-corrected chi connectivity index (χ3v) is 3.89. The quantitative estimate of drug-likeness (QED) is 0.475. The van der Waals surface area contributed by atoms with Crippen LogP contribution in [0, 0.1) is 0 Å². The zero-order valence-corrected chi connectivity index (χ0v) is 14.2. The zero-order valence-electron chi connectivity index (χ0n) is 13.4. The monoisotopic (exact) mass is 336 g/mol. The van der Waals surface area contributed by atoms with Crippen molar-refractivity contribution in [3.05, 3.63) is 41.6 Å². The van der Waals surface area contributed by atoms with Gasteiger partial charge in [-0.05, 0) is 31.7 Å². The predicted octanol–water partition coefficient (Wildman–Crippen LogP) is 3.38. The Bertz CT molecular complexity index is 670. The van der Waals surface area contributed by atoms with E-state index in [4.69, 9.17) is 9.47 Å². The smallest absolute Gasteiger partial charge is 0.338 e. The number of hydrogen-bond donors (Lipinski definition) is 1. The van der Waals surface area contributed by atoms with E-state index in [0.717, 1.165) is 16.2 Å². The van der Waals surface area contributed by atoms with Crippen molar-refractivity contribution in [3.8, 4) is 5.88 Å². The van der Waals surface area contributed by atoms with Crippen LogP contribution in [0.3, 0.4) is 0 Å². The summed E-state index contributed by atoms with van der Waals surface area (Å²) in [5.74, 6) is 0.790. The van der Waals surface area contributed by atoms with Crippen molar-refractivity contribution in [3.63, 3.8) is 0 Å². The first-order chi connectivity index (χ1) is 11.0. The fraction of sp³-hybridized carbons (Fsp3) is 0.375. The van der Waals surface area contributed by atoms with Crippen molar-refractivity contribution in [2.24, 2.45) is 0 Å². The van der Waals surface area contributed by atoms with Crippen molar-refractivity contribution in [1.29, 1.82) is 0 Å². The molecule has 2 rings (SSSR count). The van der Waals surface area contributed by atoms with Crippen molar-refractivity contribution < 1.29 is 19.5 Å². The third-order valence-electron chi connectivity index (χ3n) is 2.91. The molecule has 0 saturated heterocycles. The number of rotatable bonds is 7. The van der Waals surface area contributed by atoms with Gasteiger partial charge in [0.25, 0.3) is 0 Å². The number of thioether (sulfide) groups is 1. The van der Waals surface area contributed by atoms with Gasteiger partial charge in [-0.1, -0.05) is 18.1 Å². The molecule has 0 aliphatic rings. The number of aromatic nitrogens is 2. The third kappa shape index (κ3) is 4.66. The molecular formula is C16H20N2O4S. The number of nitrogens with zero attached hydrogens (tertiary/aromatic N) is 2. The Labute approximate surface area is 139 Å². The molecule has 0 bridgehead atoms. The second-order valence-corrected chi connectivity index (χ2v) is 6.34. The van der Waals surface area contributed by atoms with Crippen LogP contribution in [0.1, 0.15) is 36.7 Å². The molecule has 0 radical (unpaired) electrons. The molecule has 0 aliphatic carbocycles. The summed E-state index contributed by atoms with van der Waals surface area (Å²) < 4.78 is 10.9. The molecule has 6 nitrogen and oxygen atoms in total. The Hall–Kier alpha value is -2.15. The Kier molecular flexibility index (Phi) is 5.92. The Balaban J connectivity index is 2.26. The number of ether oxygens (including phenoxy) is 2. The second-order valence-electron chi connectivity index (χ2n) is 5.03. The lowest BCUT2D eigenvalue weighted by molar-refractivity contribution is 0.0374. The van der Waals surface area contributed by atoms with E-state index < -0.39 is 0 Å². The maximum Gasteiger partial charge on any atom is 0.338 e. The van der Waals surface area contributed by atoms with Gasteiger partial charge >= 0.3 is 5.97 Å². The first-order valence-corrected chi connectivity index (χ1v) is 8.33. The van der Waals surface area contributed by atoms with Gasteiger partial charge in [0.1, 0.15) is 6.61 Å². The molecule has 1 aromatic carbocycles. The Morgan fingerprint density at radius 3 is 2.78 bits per heavy atom. The summed E-state index contributed by atoms with van der Waals surface area (Å²) in [5.41, 5.74) is 1.25. The molecule has 0 aliphatic heterocycles. The van der Waals surface area contributed by atoms with Gasteiger partial charge in [0, 0.05) is 16.5 Å². The first-order valence-electron chi connectivity index (χ1n) is 7.34. The largest absolute Gasteiger partial charge is 0.472 e. The molecule has 0 fully saturated rings. The van der Waals surface area contributed by atoms with Crippen molar-refractivity contribution >= 4 is 17.7 Å². The maximum absolute atomic E-state index is 12.3. The molecule has 7 heteroatoms. The highest BCUT2D eigenvalue weighted by Crippen LogP contribution is 2.27. The summed E-state index contributed by atoms with van der Waals surface area (Å²) >= 11 is 1.63. The normalized spacial score (nSPS) is 10.8. The van der Waals surface area contributed by atoms with E-state index in [1.807, 2.05) is 32.9 Å². The number of esters is 1. The lowest BCUT2D eigenvalue weighted by atomic mass is 10.1. The SMILES string of the molecule is CCSc1cccc(C(=O)OC(C)C)c1COc1ccn(O)n1. The van der Waals surface area contributed by atoms with E-state index >= 15 is 0 Å². The van der Waals surface area contributed by atoms with Crippen LogP contribution in [-0.4, -0.2) is 33.0 Å². The van der Waals surface area contributed by atoms with Crippen LogP contribution in [0.2, 0.25) is 0 Å². The average Bonchev–Trinajstić information content (AvgIpc) is 2.91. The van der Waals surface area contributed by atoms with Gasteiger partial charge in [-0.2, -0.15) is 0 Å². The van der Waals surface area contributed by atoms with E-state index in [9.17, 15) is 10.0 Å². The van der Waals surface area contributed by atoms with Gasteiger partial charge in [0.15, 0.2) is 0 Å². The molecule has 2 aromatic rings. The Morgan fingerprint density at radius 1 is 1.39 bits per heavy atom. The highest BCUT2D eigenvalue weighted by molar-refractivity contribution is 7.99. The molecule has 1 heterocycles. The molecule has 1 aromatic heterocycles. The van der Waals surface area contributed by atoms with Crippen molar-refractivity contribution in [1.82, 2.24) is 9.94 Å². The van der Waals surface area contributed by atoms with Crippen molar-refractivity contribution in [2.45, 2.75) is 38.4 Å². The van der Waals surface area contributed by atoms with Crippen LogP contribution < -0.4 is 4.74 Å². The minimum absolute atomic E-state index is 0.169. The molecule has 0 atom stereocenters. The topological polar surface area (TPSA) is 73.6 Å². The van der Waals surface area contributed by atoms with Crippen LogP contribution >= 0.6 is 11.8 Å². The zero-order chi connectivity index (χ0) is 16.8. The Morgan fingerprint density at radius 2 is 2.17 bits per heavy atom. The molecular weight excluding hydrogens is 316 g/mol. The minimum Gasteiger partial charge on any atom is -0.472 e. The fourth-order valence-electron chi connectivity index (χ4n) is 2.00. The van der Waals surface area contributed by atoms with Gasteiger partial charge in [-0.3, -0.25) is 0 Å². The van der Waals surface area contributed by atoms with E-state index in [-0.39, 0.29) is 24.6 Å². The molecule has 0 unspecified atom stereocenters. The van der Waals surface area contributed by atoms with Gasteiger partial charge < -0.3 is 14.7 Å². The summed E-state index contributed by atoms with van der Waals surface area (Å²) in [6.07, 6.45) is 1.18. The predicted molar refractivity (Wildman–Crippen MR) is 87.1 cm³/mol. The number of benzene rings is 1. The van der Waals surface area contributed by atoms with Crippen LogP contribution in [-0.2, 0) is 11.3 Å². The minimum atomic E-state index is -0.371. The summed E-state index contributed by atoms with van der Waals surface area (Å²) in [6, 6.07) is 7.06. The fourth-order valence-corrected chi connectivity index (χ4v) is 2.82. The van der Waals surface area contributed by atoms with Crippen LogP contribution in [0.25, 0.3) is 0 Å². The second kappa shape index (κ2) is 7.92. The summed E-state index contributed by atoms with van der Waals surface area (Å²) in [6.45, 7) is 5.84. The lowest BCUT2D eigenvalue weighted by Gasteiger charge is -2.15. The number of carbonyl (C=O) groups is 1. The average molecular weight is 336 g/mol. The standard InChI is InChI=1S/C16H20N2O4S/c1-4-23-14-7-5-6-12(16(19)22-11(2)3)13(14)10-21-15-8-9-18(20)17-15/h5-9,11,20H,4,10H2,1-3H3. The van der Waals surface area contributed by atoms with Crippen LogP contribution in [0.4, 0.5) is 0 Å². The molecule has 0 spiro atoms. The number of hydrogen-bond acceptors (Lipinski definition) is 6. The van der Waals surface area contributed by atoms with Crippen LogP contribution in [0.5, 0.6) is 5.88 Å². The molecule has 23 heavy (non-hydrogen) atoms. The molecule has 124 valence electrons. The summed E-state index contributed by atoms with van der Waals surface area (Å²) in [5, 5.41) is 12.9. The van der Waals surface area contributed by atoms with Crippen LogP contribution in [0.15, 0.2) is 35.4 Å². The summed E-state index contributed by atoms with van der Waals surface area (Å²) in [7, 11) is 0. The van der Waals surface area contributed by atoms with Gasteiger partial charge in [-0.15, -0.1) is 16.6 Å². The van der Waals surface area contributed by atoms with E-state index in [1.165, 1.54) is 6.20 Å². The van der Waals surface area contributed by atoms with E-state index in [0.29, 0.717) is 10.4 Å². The highest BCUT2D eigenvalue weighted by atomic mass is 32.2. The van der Waals surface area contributed by atoms with Gasteiger partial charge in [-0.25, -0.2) is 4.79 Å². The molecule has 1 N–H and O–H groups in total. The number of carbonyl (C=O) groups excluding carboxylic acids is 1. The van der Waals surface area contributed by atoms with E-state index in [2.05, 4.69) is 5.10 Å².